The SMILES string of the molecule is CC(=O)NCCC#Cc1ccc(S(C)(=O)=O)cc1. The van der Waals surface area contributed by atoms with Crippen molar-refractivity contribution in [3.05, 3.63) is 29.8 Å². The Morgan fingerprint density at radius 3 is 2.39 bits per heavy atom. The van der Waals surface area contributed by atoms with Gasteiger partial charge in [0.15, 0.2) is 9.84 Å². The Morgan fingerprint density at radius 1 is 1.28 bits per heavy atom. The van der Waals surface area contributed by atoms with Crippen molar-refractivity contribution in [2.24, 2.45) is 0 Å². The van der Waals surface area contributed by atoms with Crippen LogP contribution < -0.4 is 5.32 Å². The van der Waals surface area contributed by atoms with E-state index in [1.54, 1.807) is 12.1 Å². The quantitative estimate of drug-likeness (QED) is 0.654. The summed E-state index contributed by atoms with van der Waals surface area (Å²) >= 11 is 0. The van der Waals surface area contributed by atoms with E-state index in [0.29, 0.717) is 13.0 Å². The second-order valence-corrected chi connectivity index (χ2v) is 5.85. The van der Waals surface area contributed by atoms with E-state index in [4.69, 9.17) is 0 Å². The number of sulfone groups is 1. The molecule has 0 aliphatic heterocycles. The summed E-state index contributed by atoms with van der Waals surface area (Å²) in [4.78, 5) is 10.9. The summed E-state index contributed by atoms with van der Waals surface area (Å²) in [6.07, 6.45) is 1.73. The van der Waals surface area contributed by atoms with Crippen molar-refractivity contribution in [1.29, 1.82) is 0 Å². The molecule has 1 aromatic rings. The van der Waals surface area contributed by atoms with Gasteiger partial charge < -0.3 is 5.32 Å². The van der Waals surface area contributed by atoms with Crippen LogP contribution in [0.25, 0.3) is 0 Å². The zero-order valence-corrected chi connectivity index (χ0v) is 11.2. The molecule has 1 aromatic carbocycles. The molecule has 0 heterocycles. The maximum atomic E-state index is 11.2. The summed E-state index contributed by atoms with van der Waals surface area (Å²) in [5.41, 5.74) is 0.755. The van der Waals surface area contributed by atoms with Gasteiger partial charge in [0.25, 0.3) is 0 Å². The molecule has 0 aliphatic rings. The van der Waals surface area contributed by atoms with E-state index in [0.717, 1.165) is 5.56 Å². The summed E-state index contributed by atoms with van der Waals surface area (Å²) < 4.78 is 22.5. The van der Waals surface area contributed by atoms with Crippen LogP contribution in [0.15, 0.2) is 29.2 Å². The fourth-order valence-corrected chi connectivity index (χ4v) is 1.88. The summed E-state index contributed by atoms with van der Waals surface area (Å²) in [5.74, 6) is 5.73. The van der Waals surface area contributed by atoms with Gasteiger partial charge in [-0.3, -0.25) is 4.79 Å². The first kappa shape index (κ1) is 14.3. The van der Waals surface area contributed by atoms with Gasteiger partial charge in [-0.1, -0.05) is 11.8 Å². The lowest BCUT2D eigenvalue weighted by Crippen LogP contribution is -2.20. The fraction of sp³-hybridized carbons (Fsp3) is 0.308. The topological polar surface area (TPSA) is 63.2 Å². The molecule has 0 radical (unpaired) electrons. The van der Waals surface area contributed by atoms with Crippen LogP contribution in [0, 0.1) is 11.8 Å². The van der Waals surface area contributed by atoms with Gasteiger partial charge in [0.1, 0.15) is 0 Å². The Labute approximate surface area is 107 Å². The first-order valence-corrected chi connectivity index (χ1v) is 7.32. The number of carbonyl (C=O) groups is 1. The van der Waals surface area contributed by atoms with E-state index in [1.807, 2.05) is 0 Å². The van der Waals surface area contributed by atoms with Crippen molar-refractivity contribution in [2.45, 2.75) is 18.2 Å². The Bertz CT molecular complexity index is 577. The molecule has 0 saturated heterocycles. The lowest BCUT2D eigenvalue weighted by atomic mass is 10.2. The summed E-state index contributed by atoms with van der Waals surface area (Å²) in [5, 5.41) is 2.64. The minimum Gasteiger partial charge on any atom is -0.355 e. The highest BCUT2D eigenvalue weighted by atomic mass is 32.2. The number of hydrogen-bond donors (Lipinski definition) is 1. The van der Waals surface area contributed by atoms with Crippen molar-refractivity contribution >= 4 is 15.7 Å². The molecule has 1 N–H and O–H groups in total. The van der Waals surface area contributed by atoms with Crippen molar-refractivity contribution in [3.8, 4) is 11.8 Å². The number of benzene rings is 1. The molecular formula is C13H15NO3S. The zero-order valence-electron chi connectivity index (χ0n) is 10.4. The standard InChI is InChI=1S/C13H15NO3S/c1-11(15)14-10-4-3-5-12-6-8-13(9-7-12)18(2,16)17/h6-9H,4,10H2,1-2H3,(H,14,15). The normalized spacial score (nSPS) is 10.3. The second kappa shape index (κ2) is 6.22. The van der Waals surface area contributed by atoms with Gasteiger partial charge in [-0.2, -0.15) is 0 Å². The summed E-state index contributed by atoms with van der Waals surface area (Å²) in [6.45, 7) is 1.97. The number of carbonyl (C=O) groups excluding carboxylic acids is 1. The van der Waals surface area contributed by atoms with E-state index in [1.165, 1.54) is 25.3 Å². The van der Waals surface area contributed by atoms with Crippen LogP contribution in [0.2, 0.25) is 0 Å². The van der Waals surface area contributed by atoms with Crippen molar-refractivity contribution in [1.82, 2.24) is 5.32 Å². The molecule has 4 nitrogen and oxygen atoms in total. The molecule has 1 amide bonds. The van der Waals surface area contributed by atoms with E-state index in [2.05, 4.69) is 17.2 Å². The molecule has 0 atom stereocenters. The number of nitrogens with one attached hydrogen (secondary N) is 1. The van der Waals surface area contributed by atoms with Gasteiger partial charge in [-0.15, -0.1) is 0 Å². The maximum Gasteiger partial charge on any atom is 0.216 e. The van der Waals surface area contributed by atoms with Crippen LogP contribution in [-0.4, -0.2) is 27.1 Å². The summed E-state index contributed by atoms with van der Waals surface area (Å²) in [6, 6.07) is 6.41. The second-order valence-electron chi connectivity index (χ2n) is 3.83. The molecule has 0 saturated carbocycles. The van der Waals surface area contributed by atoms with E-state index >= 15 is 0 Å². The van der Waals surface area contributed by atoms with E-state index < -0.39 is 9.84 Å². The maximum absolute atomic E-state index is 11.2. The molecule has 18 heavy (non-hydrogen) atoms. The summed E-state index contributed by atoms with van der Waals surface area (Å²) in [7, 11) is -3.15. The molecule has 0 aliphatic carbocycles. The van der Waals surface area contributed by atoms with Crippen LogP contribution >= 0.6 is 0 Å². The van der Waals surface area contributed by atoms with Gasteiger partial charge >= 0.3 is 0 Å². The predicted octanol–water partition coefficient (Wildman–Crippen LogP) is 0.968. The highest BCUT2D eigenvalue weighted by molar-refractivity contribution is 7.90. The Hall–Kier alpha value is -1.80. The molecule has 0 spiro atoms. The lowest BCUT2D eigenvalue weighted by Gasteiger charge is -1.97. The first-order valence-electron chi connectivity index (χ1n) is 5.43. The third kappa shape index (κ3) is 5.02. The lowest BCUT2D eigenvalue weighted by molar-refractivity contribution is -0.118. The minimum absolute atomic E-state index is 0.0747. The Balaban J connectivity index is 2.59. The van der Waals surface area contributed by atoms with E-state index in [-0.39, 0.29) is 10.8 Å². The van der Waals surface area contributed by atoms with Gasteiger partial charge in [0.2, 0.25) is 5.91 Å². The Kier molecular flexibility index (Phi) is 4.93. The molecule has 96 valence electrons. The highest BCUT2D eigenvalue weighted by Gasteiger charge is 2.04. The molecular weight excluding hydrogens is 250 g/mol. The van der Waals surface area contributed by atoms with Crippen LogP contribution in [0.5, 0.6) is 0 Å². The molecule has 0 aromatic heterocycles. The van der Waals surface area contributed by atoms with Crippen molar-refractivity contribution in [3.63, 3.8) is 0 Å². The molecule has 1 rings (SSSR count). The fourth-order valence-electron chi connectivity index (χ4n) is 1.25. The monoisotopic (exact) mass is 265 g/mol. The molecule has 0 bridgehead atoms. The van der Waals surface area contributed by atoms with Crippen LogP contribution in [0.4, 0.5) is 0 Å². The highest BCUT2D eigenvalue weighted by Crippen LogP contribution is 2.09. The molecule has 5 heteroatoms. The first-order chi connectivity index (χ1) is 8.39. The number of amides is 1. The van der Waals surface area contributed by atoms with Crippen LogP contribution in [0.1, 0.15) is 18.9 Å². The van der Waals surface area contributed by atoms with Crippen LogP contribution in [-0.2, 0) is 14.6 Å². The zero-order chi connectivity index (χ0) is 13.6. The third-order valence-corrected chi connectivity index (χ3v) is 3.27. The van der Waals surface area contributed by atoms with Crippen molar-refractivity contribution < 1.29 is 13.2 Å². The Morgan fingerprint density at radius 2 is 1.89 bits per heavy atom. The number of rotatable bonds is 3. The third-order valence-electron chi connectivity index (χ3n) is 2.14. The van der Waals surface area contributed by atoms with E-state index in [9.17, 15) is 13.2 Å². The van der Waals surface area contributed by atoms with Gasteiger partial charge in [0.05, 0.1) is 4.90 Å². The van der Waals surface area contributed by atoms with Gasteiger partial charge in [0, 0.05) is 31.7 Å². The van der Waals surface area contributed by atoms with Crippen LogP contribution in [0.3, 0.4) is 0 Å². The minimum atomic E-state index is -3.15. The molecule has 0 unspecified atom stereocenters. The predicted molar refractivity (Wildman–Crippen MR) is 69.7 cm³/mol. The van der Waals surface area contributed by atoms with Gasteiger partial charge in [-0.05, 0) is 24.3 Å². The average Bonchev–Trinajstić information content (AvgIpc) is 2.27. The number of hydrogen-bond acceptors (Lipinski definition) is 3. The van der Waals surface area contributed by atoms with Gasteiger partial charge in [-0.25, -0.2) is 8.42 Å². The largest absolute Gasteiger partial charge is 0.355 e. The smallest absolute Gasteiger partial charge is 0.216 e. The van der Waals surface area contributed by atoms with Crippen molar-refractivity contribution in [2.75, 3.05) is 12.8 Å². The average molecular weight is 265 g/mol. The molecule has 0 fully saturated rings.